The van der Waals surface area contributed by atoms with Gasteiger partial charge in [-0.3, -0.25) is 9.58 Å². The van der Waals surface area contributed by atoms with Crippen LogP contribution in [0, 0.1) is 11.3 Å². The molecule has 15 heteroatoms. The van der Waals surface area contributed by atoms with Gasteiger partial charge in [0.05, 0.1) is 43.2 Å². The summed E-state index contributed by atoms with van der Waals surface area (Å²) in [5.41, 5.74) is 2.66. The number of benzene rings is 1. The number of nitrogens with one attached hydrogen (secondary N) is 1. The molecule has 6 rings (SSSR count). The highest BCUT2D eigenvalue weighted by Gasteiger charge is 2.32. The van der Waals surface area contributed by atoms with Gasteiger partial charge in [-0.2, -0.15) is 5.26 Å². The summed E-state index contributed by atoms with van der Waals surface area (Å²) in [6.07, 6.45) is 12.0. The lowest BCUT2D eigenvalue weighted by molar-refractivity contribution is -0.0852. The number of aliphatic hydroxyl groups is 1. The normalized spacial score (nSPS) is 22.1. The second-order valence-corrected chi connectivity index (χ2v) is 12.6. The van der Waals surface area contributed by atoms with Gasteiger partial charge in [-0.15, -0.1) is 10.2 Å². The van der Waals surface area contributed by atoms with E-state index in [9.17, 15) is 10.4 Å². The molecule has 1 saturated heterocycles. The minimum Gasteiger partial charge on any atom is -0.487 e. The number of rotatable bonds is 13. The Balaban J connectivity index is 1.12. The van der Waals surface area contributed by atoms with E-state index in [1.54, 1.807) is 23.1 Å². The molecule has 15 nitrogen and oxygen atoms in total. The zero-order chi connectivity index (χ0) is 33.5. The van der Waals surface area contributed by atoms with Gasteiger partial charge in [0, 0.05) is 50.1 Å². The number of hydrogen-bond acceptors (Lipinski definition) is 13. The van der Waals surface area contributed by atoms with E-state index in [0.717, 1.165) is 49.9 Å². The van der Waals surface area contributed by atoms with Crippen molar-refractivity contribution in [2.45, 2.75) is 89.8 Å². The van der Waals surface area contributed by atoms with Gasteiger partial charge in [-0.05, 0) is 74.6 Å². The summed E-state index contributed by atoms with van der Waals surface area (Å²) in [7, 11) is 0. The quantitative estimate of drug-likeness (QED) is 0.199. The zero-order valence-electron chi connectivity index (χ0n) is 27.6. The van der Waals surface area contributed by atoms with E-state index in [1.807, 2.05) is 29.9 Å². The summed E-state index contributed by atoms with van der Waals surface area (Å²) in [4.78, 5) is 11.7. The maximum absolute atomic E-state index is 9.65. The molecule has 4 heterocycles. The van der Waals surface area contributed by atoms with Crippen LogP contribution < -0.4 is 14.8 Å². The average molecular weight is 658 g/mol. The molecule has 0 unspecified atom stereocenters. The predicted octanol–water partition coefficient (Wildman–Crippen LogP) is 3.76. The van der Waals surface area contributed by atoms with Gasteiger partial charge in [-0.25, -0.2) is 14.6 Å². The second-order valence-electron chi connectivity index (χ2n) is 12.6. The van der Waals surface area contributed by atoms with E-state index in [0.29, 0.717) is 54.4 Å². The van der Waals surface area contributed by atoms with Crippen LogP contribution in [0.3, 0.4) is 0 Å². The molecule has 2 fully saturated rings. The van der Waals surface area contributed by atoms with E-state index in [1.165, 1.54) is 6.33 Å². The number of tetrazole rings is 1. The van der Waals surface area contributed by atoms with Crippen molar-refractivity contribution >= 4 is 11.6 Å². The lowest BCUT2D eigenvalue weighted by Crippen LogP contribution is -2.51. The minimum atomic E-state index is -0.277. The summed E-state index contributed by atoms with van der Waals surface area (Å²) in [5.74, 6) is 1.31. The molecule has 3 atom stereocenters. The van der Waals surface area contributed by atoms with Gasteiger partial charge in [0.15, 0.2) is 0 Å². The van der Waals surface area contributed by atoms with Crippen molar-refractivity contribution in [3.63, 3.8) is 0 Å². The van der Waals surface area contributed by atoms with Crippen molar-refractivity contribution in [2.75, 3.05) is 31.6 Å². The van der Waals surface area contributed by atoms with Crippen molar-refractivity contribution in [2.24, 2.45) is 0 Å². The molecule has 0 amide bonds. The van der Waals surface area contributed by atoms with Gasteiger partial charge in [0.25, 0.3) is 5.88 Å². The van der Waals surface area contributed by atoms with Crippen molar-refractivity contribution < 1.29 is 19.3 Å². The molecule has 1 saturated carbocycles. The number of anilines is 2. The summed E-state index contributed by atoms with van der Waals surface area (Å²) in [6, 6.07) is 8.40. The summed E-state index contributed by atoms with van der Waals surface area (Å²) in [6.45, 7) is 8.99. The van der Waals surface area contributed by atoms with Crippen LogP contribution in [0.25, 0.3) is 11.1 Å². The Hall–Kier alpha value is -4.65. The Morgan fingerprint density at radius 3 is 2.52 bits per heavy atom. The van der Waals surface area contributed by atoms with Gasteiger partial charge >= 0.3 is 0 Å². The lowest BCUT2D eigenvalue weighted by Gasteiger charge is -2.42. The first-order valence-corrected chi connectivity index (χ1v) is 16.6. The molecule has 1 aromatic carbocycles. The third-order valence-electron chi connectivity index (χ3n) is 8.74. The number of aliphatic hydroxyl groups excluding tert-OH is 1. The Kier molecular flexibility index (Phi) is 10.7. The molecule has 4 aromatic rings. The fourth-order valence-electron chi connectivity index (χ4n) is 6.53. The van der Waals surface area contributed by atoms with Crippen LogP contribution in [0.1, 0.15) is 64.5 Å². The standard InChI is InChI=1S/C33H43N11O4/c1-22-17-42(18-23(2)47-22)28-7-9-29(10-8-28)44-20-30(32(39-44)46-12-4-11-45)38-33-35-15-27(16-36-33)25-5-6-26(14-34)31(13-25)48-24(3)19-43-21-37-40-41-43/h5-6,13,15-16,20-24,28-29,45H,4,7-12,17-19H2,1-3H3,(H,35,36,38)/t22-,23+,24-,28-,29-/m0/s1. The predicted molar refractivity (Wildman–Crippen MR) is 176 cm³/mol. The number of aromatic nitrogens is 8. The molecule has 0 bridgehead atoms. The highest BCUT2D eigenvalue weighted by atomic mass is 16.5. The molecule has 254 valence electrons. The average Bonchev–Trinajstić information content (AvgIpc) is 3.75. The highest BCUT2D eigenvalue weighted by molar-refractivity contribution is 5.67. The van der Waals surface area contributed by atoms with Crippen LogP contribution in [0.15, 0.2) is 43.1 Å². The number of nitriles is 1. The third-order valence-corrected chi connectivity index (χ3v) is 8.74. The SMILES string of the molecule is C[C@@H]1CN([C@H]2CC[C@H](n3cc(Nc4ncc(-c5ccc(C#N)c(O[C@@H](C)Cn6cnnn6)c5)cn4)c(OCCCO)n3)CC2)C[C@H](C)O1. The molecule has 2 aliphatic rings. The van der Waals surface area contributed by atoms with E-state index in [2.05, 4.69) is 55.6 Å². The summed E-state index contributed by atoms with van der Waals surface area (Å²) < 4.78 is 21.6. The van der Waals surface area contributed by atoms with Crippen molar-refractivity contribution in [1.29, 1.82) is 5.26 Å². The number of nitrogens with zero attached hydrogens (tertiary/aromatic N) is 10. The first kappa shape index (κ1) is 33.3. The summed E-state index contributed by atoms with van der Waals surface area (Å²) in [5, 5.41) is 38.2. The van der Waals surface area contributed by atoms with Crippen molar-refractivity contribution in [1.82, 2.24) is 44.9 Å². The molecule has 3 aromatic heterocycles. The van der Waals surface area contributed by atoms with Gasteiger partial charge < -0.3 is 24.6 Å². The van der Waals surface area contributed by atoms with E-state index in [-0.39, 0.29) is 31.0 Å². The van der Waals surface area contributed by atoms with Crippen molar-refractivity contribution in [3.8, 4) is 28.8 Å². The first-order valence-electron chi connectivity index (χ1n) is 16.6. The fraction of sp³-hybridized carbons (Fsp3) is 0.545. The molecule has 1 aliphatic heterocycles. The third kappa shape index (κ3) is 8.25. The first-order chi connectivity index (χ1) is 23.4. The van der Waals surface area contributed by atoms with Crippen LogP contribution >= 0.6 is 0 Å². The molecule has 2 N–H and O–H groups in total. The van der Waals surface area contributed by atoms with E-state index < -0.39 is 0 Å². The molecular weight excluding hydrogens is 614 g/mol. The number of morpholine rings is 1. The molecule has 0 radical (unpaired) electrons. The van der Waals surface area contributed by atoms with Crippen LogP contribution in [0.2, 0.25) is 0 Å². The largest absolute Gasteiger partial charge is 0.487 e. The monoisotopic (exact) mass is 657 g/mol. The van der Waals surface area contributed by atoms with Gasteiger partial charge in [-0.1, -0.05) is 6.07 Å². The van der Waals surface area contributed by atoms with Crippen LogP contribution in [-0.2, 0) is 11.3 Å². The fourth-order valence-corrected chi connectivity index (χ4v) is 6.53. The molecule has 48 heavy (non-hydrogen) atoms. The zero-order valence-corrected chi connectivity index (χ0v) is 27.6. The molecule has 1 aliphatic carbocycles. The number of ether oxygens (including phenoxy) is 3. The minimum absolute atomic E-state index is 0.0388. The Morgan fingerprint density at radius 1 is 1.08 bits per heavy atom. The van der Waals surface area contributed by atoms with Gasteiger partial charge in [0.1, 0.15) is 29.9 Å². The Morgan fingerprint density at radius 2 is 1.83 bits per heavy atom. The van der Waals surface area contributed by atoms with E-state index in [4.69, 9.17) is 19.3 Å². The highest BCUT2D eigenvalue weighted by Crippen LogP contribution is 2.35. The van der Waals surface area contributed by atoms with E-state index >= 15 is 0 Å². The van der Waals surface area contributed by atoms with Crippen LogP contribution in [0.4, 0.5) is 11.6 Å². The second kappa shape index (κ2) is 15.5. The molecule has 0 spiro atoms. The smallest absolute Gasteiger partial charge is 0.256 e. The Bertz CT molecular complexity index is 1640. The lowest BCUT2D eigenvalue weighted by atomic mass is 9.89. The Labute approximate surface area is 279 Å². The maximum atomic E-state index is 9.65. The van der Waals surface area contributed by atoms with Crippen molar-refractivity contribution in [3.05, 3.63) is 48.7 Å². The number of hydrogen-bond donors (Lipinski definition) is 2. The molecular formula is C33H43N11O4. The van der Waals surface area contributed by atoms with Crippen LogP contribution in [-0.4, -0.2) is 101 Å². The topological polar surface area (TPSA) is 174 Å². The maximum Gasteiger partial charge on any atom is 0.256 e. The van der Waals surface area contributed by atoms with Crippen LogP contribution in [0.5, 0.6) is 11.6 Å². The summed E-state index contributed by atoms with van der Waals surface area (Å²) >= 11 is 0. The van der Waals surface area contributed by atoms with Gasteiger partial charge in [0.2, 0.25) is 5.95 Å².